The topological polar surface area (TPSA) is 43.4 Å². The number of para-hydroxylation sites is 1. The molecular weight excluding hydrogens is 258 g/mol. The monoisotopic (exact) mass is 266 g/mol. The maximum atomic E-state index is 11.0. The zero-order valence-corrected chi connectivity index (χ0v) is 11.7. The standard InChI is InChI=1S/C9H8O3Se.Na/c1-6(10)12-8-5-3-2-4-7(8)9(11)13;/h2-5H,1H3,(H,11,13);/q;+1/p-1. The molecule has 68 valence electrons. The molecule has 1 rings (SSSR count). The quantitative estimate of drug-likeness (QED) is 0.350. The summed E-state index contributed by atoms with van der Waals surface area (Å²) in [5.41, 5.74) is 0.373. The van der Waals surface area contributed by atoms with E-state index in [0.717, 1.165) is 0 Å². The minimum Gasteiger partial charge on any atom is 1.00 e. The molecule has 0 aliphatic heterocycles. The van der Waals surface area contributed by atoms with Gasteiger partial charge in [-0.2, -0.15) is 0 Å². The van der Waals surface area contributed by atoms with Gasteiger partial charge in [0.15, 0.2) is 0 Å². The largest absolute Gasteiger partial charge is 1.00 e. The molecular formula is C9H7NaO3Se. The van der Waals surface area contributed by atoms with Gasteiger partial charge in [0.2, 0.25) is 0 Å². The summed E-state index contributed by atoms with van der Waals surface area (Å²) in [5, 5.41) is 0. The molecule has 0 aliphatic carbocycles. The molecule has 0 aliphatic rings. The Morgan fingerprint density at radius 1 is 1.29 bits per heavy atom. The van der Waals surface area contributed by atoms with Crippen LogP contribution < -0.4 is 34.3 Å². The molecule has 0 radical (unpaired) electrons. The Bertz CT molecular complexity index is 352. The summed E-state index contributed by atoms with van der Waals surface area (Å²) in [4.78, 5) is 21.6. The zero-order valence-electron chi connectivity index (χ0n) is 7.94. The predicted molar refractivity (Wildman–Crippen MR) is 47.8 cm³/mol. The van der Waals surface area contributed by atoms with Gasteiger partial charge in [0.05, 0.1) is 0 Å². The van der Waals surface area contributed by atoms with Crippen molar-refractivity contribution in [3.05, 3.63) is 29.8 Å². The van der Waals surface area contributed by atoms with Crippen LogP contribution in [0.2, 0.25) is 0 Å². The van der Waals surface area contributed by atoms with Gasteiger partial charge >= 0.3 is 113 Å². The summed E-state index contributed by atoms with van der Waals surface area (Å²) in [6.07, 6.45) is 0. The third-order valence-electron chi connectivity index (χ3n) is 1.36. The van der Waals surface area contributed by atoms with Gasteiger partial charge in [-0.05, 0) is 0 Å². The first-order valence-electron chi connectivity index (χ1n) is 3.60. The second kappa shape index (κ2) is 6.38. The Morgan fingerprint density at radius 2 is 1.86 bits per heavy atom. The molecule has 0 bridgehead atoms. The van der Waals surface area contributed by atoms with Crippen LogP contribution in [0.3, 0.4) is 0 Å². The van der Waals surface area contributed by atoms with E-state index in [1.54, 1.807) is 24.3 Å². The first-order chi connectivity index (χ1) is 6.11. The fourth-order valence-electron chi connectivity index (χ4n) is 0.879. The van der Waals surface area contributed by atoms with Gasteiger partial charge in [-0.3, -0.25) is 0 Å². The molecule has 0 saturated carbocycles. The number of hydrogen-bond acceptors (Lipinski definition) is 3. The maximum absolute atomic E-state index is 11.0. The summed E-state index contributed by atoms with van der Waals surface area (Å²) >= 11 is 2.34. The van der Waals surface area contributed by atoms with Crippen LogP contribution in [0.4, 0.5) is 0 Å². The van der Waals surface area contributed by atoms with E-state index in [9.17, 15) is 9.59 Å². The van der Waals surface area contributed by atoms with Crippen LogP contribution in [-0.4, -0.2) is 26.7 Å². The Hall–Kier alpha value is -0.121. The van der Waals surface area contributed by atoms with E-state index in [1.807, 2.05) is 0 Å². The van der Waals surface area contributed by atoms with E-state index in [-0.39, 0.29) is 34.2 Å². The van der Waals surface area contributed by atoms with E-state index >= 15 is 0 Å². The second-order valence-corrected chi connectivity index (χ2v) is 3.16. The molecule has 0 spiro atoms. The van der Waals surface area contributed by atoms with Crippen LogP contribution in [-0.2, 0) is 4.79 Å². The van der Waals surface area contributed by atoms with Crippen LogP contribution in [0.1, 0.15) is 17.3 Å². The molecule has 1 aromatic rings. The molecule has 0 saturated heterocycles. The van der Waals surface area contributed by atoms with Crippen molar-refractivity contribution in [3.63, 3.8) is 0 Å². The Morgan fingerprint density at radius 3 is 2.36 bits per heavy atom. The smallest absolute Gasteiger partial charge is 1.00 e. The van der Waals surface area contributed by atoms with Crippen molar-refractivity contribution >= 4 is 26.7 Å². The molecule has 1 aromatic carbocycles. The van der Waals surface area contributed by atoms with Gasteiger partial charge in [-0.15, -0.1) is 0 Å². The minimum atomic E-state index is -0.436. The number of carbonyl (C=O) groups is 2. The van der Waals surface area contributed by atoms with Crippen molar-refractivity contribution in [2.45, 2.75) is 6.92 Å². The van der Waals surface area contributed by atoms with Crippen molar-refractivity contribution in [3.8, 4) is 5.75 Å². The third kappa shape index (κ3) is 3.94. The molecule has 0 unspecified atom stereocenters. The minimum absolute atomic E-state index is 0. The third-order valence-corrected chi connectivity index (χ3v) is 1.82. The first-order valence-corrected chi connectivity index (χ1v) is 4.45. The number of benzene rings is 1. The van der Waals surface area contributed by atoms with Gasteiger partial charge in [0.1, 0.15) is 0 Å². The summed E-state index contributed by atoms with van der Waals surface area (Å²) in [5.74, 6) is -0.146. The van der Waals surface area contributed by atoms with E-state index < -0.39 is 5.97 Å². The average molecular weight is 265 g/mol. The number of carbonyl (C=O) groups excluding carboxylic acids is 2. The van der Waals surface area contributed by atoms with Crippen LogP contribution in [0.15, 0.2) is 24.3 Å². The van der Waals surface area contributed by atoms with Crippen molar-refractivity contribution in [1.29, 1.82) is 0 Å². The molecule has 0 fully saturated rings. The van der Waals surface area contributed by atoms with E-state index in [1.165, 1.54) is 6.92 Å². The van der Waals surface area contributed by atoms with E-state index in [4.69, 9.17) is 4.74 Å². The summed E-state index contributed by atoms with van der Waals surface area (Å²) < 4.78 is 4.59. The van der Waals surface area contributed by atoms with Crippen molar-refractivity contribution in [1.82, 2.24) is 0 Å². The van der Waals surface area contributed by atoms with Gasteiger partial charge in [-0.1, -0.05) is 0 Å². The normalized spacial score (nSPS) is 8.64. The van der Waals surface area contributed by atoms with Crippen molar-refractivity contribution < 1.29 is 43.9 Å². The maximum Gasteiger partial charge on any atom is 1.00 e. The second-order valence-electron chi connectivity index (χ2n) is 2.38. The average Bonchev–Trinajstić information content (AvgIpc) is 2.03. The molecule has 0 N–H and O–H groups in total. The SMILES string of the molecule is CC(=O)Oc1ccccc1C(=O)[Se-].[Na+]. The van der Waals surface area contributed by atoms with Gasteiger partial charge < -0.3 is 0 Å². The van der Waals surface area contributed by atoms with Crippen LogP contribution in [0, 0.1) is 0 Å². The van der Waals surface area contributed by atoms with Gasteiger partial charge in [-0.25, -0.2) is 0 Å². The first kappa shape index (κ1) is 13.9. The Kier molecular flexibility index (Phi) is 6.32. The van der Waals surface area contributed by atoms with Crippen molar-refractivity contribution in [2.75, 3.05) is 0 Å². The number of hydrogen-bond donors (Lipinski definition) is 0. The fraction of sp³-hybridized carbons (Fsp3) is 0.111. The molecule has 14 heavy (non-hydrogen) atoms. The summed E-state index contributed by atoms with van der Waals surface area (Å²) in [7, 11) is 0. The Labute approximate surface area is 112 Å². The molecule has 5 heteroatoms. The molecule has 0 atom stereocenters. The summed E-state index contributed by atoms with van der Waals surface area (Å²) in [6.45, 7) is 1.29. The molecule has 0 heterocycles. The molecule has 3 nitrogen and oxygen atoms in total. The van der Waals surface area contributed by atoms with Gasteiger partial charge in [0, 0.05) is 0 Å². The van der Waals surface area contributed by atoms with Gasteiger partial charge in [0.25, 0.3) is 0 Å². The molecule has 0 aromatic heterocycles. The number of ether oxygens (including phenoxy) is 1. The van der Waals surface area contributed by atoms with Crippen LogP contribution in [0.5, 0.6) is 5.75 Å². The molecule has 0 amide bonds. The summed E-state index contributed by atoms with van der Waals surface area (Å²) in [6, 6.07) is 6.57. The zero-order chi connectivity index (χ0) is 9.84. The van der Waals surface area contributed by atoms with Crippen LogP contribution >= 0.6 is 0 Å². The number of esters is 1. The Balaban J connectivity index is 0.00000169. The fourth-order valence-corrected chi connectivity index (χ4v) is 1.23. The number of rotatable bonds is 2. The van der Waals surface area contributed by atoms with E-state index in [2.05, 4.69) is 16.0 Å². The predicted octanol–water partition coefficient (Wildman–Crippen LogP) is -2.08. The van der Waals surface area contributed by atoms with Crippen molar-refractivity contribution in [2.24, 2.45) is 0 Å². The van der Waals surface area contributed by atoms with Crippen LogP contribution in [0.25, 0.3) is 0 Å². The van der Waals surface area contributed by atoms with E-state index in [0.29, 0.717) is 11.3 Å².